The molecule has 0 saturated carbocycles. The highest BCUT2D eigenvalue weighted by Crippen LogP contribution is 2.34. The molecule has 7 rings (SSSR count). The van der Waals surface area contributed by atoms with Crippen LogP contribution < -0.4 is 20.9 Å². The van der Waals surface area contributed by atoms with Crippen LogP contribution in [0.5, 0.6) is 0 Å². The number of anilines is 6. The van der Waals surface area contributed by atoms with Gasteiger partial charge in [-0.25, -0.2) is 24.4 Å². The van der Waals surface area contributed by atoms with Gasteiger partial charge in [-0.15, -0.1) is 0 Å². The Morgan fingerprint density at radius 2 is 1.39 bits per heavy atom. The molecule has 1 amide bonds. The summed E-state index contributed by atoms with van der Waals surface area (Å²) in [7, 11) is 0. The lowest BCUT2D eigenvalue weighted by Gasteiger charge is -2.38. The number of carbonyl (C=O) groups excluding carboxylic acids is 1. The third kappa shape index (κ3) is 14.3. The fourth-order valence-electron chi connectivity index (χ4n) is 5.07. The summed E-state index contributed by atoms with van der Waals surface area (Å²) in [5, 5.41) is 32.5. The second-order valence-corrected chi connectivity index (χ2v) is 13.9. The largest absolute Gasteiger partial charge is 0.490 e. The van der Waals surface area contributed by atoms with Crippen molar-refractivity contribution < 1.29 is 74.0 Å². The third-order valence-electron chi connectivity index (χ3n) is 7.83. The standard InChI is InChI=1S/C29H25ClN8OS.3C2HF3O2/c30-22-14-32-28-34-21-9-17(12-31-13-21)5-6-19-11-20(33-27(22)37-28)7-8-23(19)35-26(39)10-18-15-38(16-18)29-36-24-3-1-2-4-25(24)40-29;3*3-2(4,5)1(6)7/h1-4,7-9,11-14,18H,5-6,10,15-16H2,(H,35,39)(H2,32,33,34,37);3*(H,6,7). The number of aliphatic carboxylic acids is 3. The summed E-state index contributed by atoms with van der Waals surface area (Å²) in [5.74, 6) is -7.04. The van der Waals surface area contributed by atoms with Crippen LogP contribution in [0.25, 0.3) is 10.2 Å². The Labute approximate surface area is 345 Å². The van der Waals surface area contributed by atoms with Crippen LogP contribution in [0.3, 0.4) is 0 Å². The average Bonchev–Trinajstić information content (AvgIpc) is 3.58. The summed E-state index contributed by atoms with van der Waals surface area (Å²) in [6, 6.07) is 16.1. The number of carboxylic acids is 3. The molecule has 0 atom stereocenters. The molecule has 15 nitrogen and oxygen atoms in total. The van der Waals surface area contributed by atoms with E-state index in [1.165, 1.54) is 4.70 Å². The minimum Gasteiger partial charge on any atom is -0.475 e. The molecule has 326 valence electrons. The van der Waals surface area contributed by atoms with Crippen LogP contribution in [0.15, 0.2) is 67.1 Å². The van der Waals surface area contributed by atoms with Gasteiger partial charge in [-0.05, 0) is 60.4 Å². The van der Waals surface area contributed by atoms with E-state index in [2.05, 4.69) is 41.9 Å². The van der Waals surface area contributed by atoms with E-state index in [1.807, 2.05) is 48.7 Å². The van der Waals surface area contributed by atoms with Crippen molar-refractivity contribution in [2.75, 3.05) is 33.9 Å². The van der Waals surface area contributed by atoms with Crippen molar-refractivity contribution in [1.82, 2.24) is 19.9 Å². The number of thiazole rings is 1. The molecule has 5 aromatic rings. The van der Waals surface area contributed by atoms with Crippen LogP contribution in [0.1, 0.15) is 17.5 Å². The summed E-state index contributed by atoms with van der Waals surface area (Å²) in [4.78, 5) is 59.9. The topological polar surface area (TPSA) is 220 Å². The second-order valence-electron chi connectivity index (χ2n) is 12.5. The number of nitrogens with one attached hydrogen (secondary N) is 3. The highest BCUT2D eigenvalue weighted by molar-refractivity contribution is 7.22. The first-order valence-corrected chi connectivity index (χ1v) is 18.0. The zero-order valence-corrected chi connectivity index (χ0v) is 31.9. The summed E-state index contributed by atoms with van der Waals surface area (Å²) < 4.78 is 96.4. The van der Waals surface area contributed by atoms with Gasteiger partial charge >= 0.3 is 36.4 Å². The van der Waals surface area contributed by atoms with Crippen molar-refractivity contribution in [2.24, 2.45) is 5.92 Å². The number of hydrogen-bond acceptors (Lipinski definition) is 12. The normalized spacial score (nSPS) is 13.5. The second kappa shape index (κ2) is 19.7. The molecule has 1 fully saturated rings. The molecule has 26 heteroatoms. The lowest BCUT2D eigenvalue weighted by Crippen LogP contribution is -2.48. The van der Waals surface area contributed by atoms with Crippen molar-refractivity contribution in [1.29, 1.82) is 0 Å². The van der Waals surface area contributed by atoms with E-state index in [0.29, 0.717) is 29.1 Å². The lowest BCUT2D eigenvalue weighted by molar-refractivity contribution is -0.193. The highest BCUT2D eigenvalue weighted by Gasteiger charge is 2.39. The molecule has 0 aliphatic carbocycles. The van der Waals surface area contributed by atoms with Crippen molar-refractivity contribution in [3.63, 3.8) is 0 Å². The third-order valence-corrected chi connectivity index (χ3v) is 9.21. The molecule has 0 spiro atoms. The van der Waals surface area contributed by atoms with Crippen LogP contribution in [0.4, 0.5) is 73.5 Å². The molecule has 2 aliphatic heterocycles. The fraction of sp³-hybridized carbons (Fsp3) is 0.257. The Hall–Kier alpha value is -6.50. The highest BCUT2D eigenvalue weighted by atomic mass is 35.5. The van der Waals surface area contributed by atoms with E-state index >= 15 is 0 Å². The molecule has 3 aromatic heterocycles. The van der Waals surface area contributed by atoms with Crippen molar-refractivity contribution >= 4 is 90.9 Å². The van der Waals surface area contributed by atoms with Crippen molar-refractivity contribution in [3.8, 4) is 0 Å². The number of fused-ring (bicyclic) bond motifs is 7. The van der Waals surface area contributed by atoms with Crippen LogP contribution in [0.2, 0.25) is 5.02 Å². The van der Waals surface area contributed by atoms with E-state index < -0.39 is 36.4 Å². The molecule has 5 heterocycles. The smallest absolute Gasteiger partial charge is 0.475 e. The number of carbonyl (C=O) groups is 4. The molecular formula is C35H28ClF9N8O7S. The molecule has 0 unspecified atom stereocenters. The maximum atomic E-state index is 13.1. The number of hydrogen-bond donors (Lipinski definition) is 6. The van der Waals surface area contributed by atoms with Crippen LogP contribution in [-0.4, -0.2) is 90.7 Å². The van der Waals surface area contributed by atoms with Crippen molar-refractivity contribution in [3.05, 3.63) is 83.3 Å². The Morgan fingerprint density at radius 1 is 0.787 bits per heavy atom. The molecular weight excluding hydrogens is 883 g/mol. The Kier molecular flexibility index (Phi) is 15.2. The maximum absolute atomic E-state index is 13.1. The molecule has 6 N–H and O–H groups in total. The van der Waals surface area contributed by atoms with Gasteiger partial charge in [0.05, 0.1) is 28.3 Å². The quantitative estimate of drug-likeness (QED) is 0.0940. The zero-order valence-electron chi connectivity index (χ0n) is 30.4. The van der Waals surface area contributed by atoms with Gasteiger partial charge < -0.3 is 36.2 Å². The number of alkyl halides is 9. The number of halogens is 10. The molecule has 2 aliphatic rings. The predicted octanol–water partition coefficient (Wildman–Crippen LogP) is 8.09. The predicted molar refractivity (Wildman–Crippen MR) is 201 cm³/mol. The number of carboxylic acid groups (broad SMARTS) is 3. The van der Waals surface area contributed by atoms with E-state index in [0.717, 1.165) is 64.8 Å². The molecule has 0 radical (unpaired) electrons. The first kappa shape index (κ1) is 47.2. The first-order chi connectivity index (χ1) is 28.4. The van der Waals surface area contributed by atoms with Gasteiger partial charge in [0.1, 0.15) is 5.02 Å². The van der Waals surface area contributed by atoms with Gasteiger partial charge in [-0.1, -0.05) is 35.1 Å². The van der Waals surface area contributed by atoms with E-state index in [4.69, 9.17) is 46.3 Å². The van der Waals surface area contributed by atoms with Gasteiger partial charge in [0, 0.05) is 43.0 Å². The number of aromatic nitrogens is 4. The number of benzene rings is 2. The Balaban J connectivity index is 0.000000323. The number of aryl methyl sites for hydroxylation is 2. The van der Waals surface area contributed by atoms with E-state index in [1.54, 1.807) is 23.7 Å². The van der Waals surface area contributed by atoms with Gasteiger partial charge in [-0.2, -0.15) is 44.5 Å². The van der Waals surface area contributed by atoms with Crippen LogP contribution in [0, 0.1) is 5.92 Å². The van der Waals surface area contributed by atoms with Gasteiger partial charge in [0.2, 0.25) is 11.9 Å². The molecule has 6 bridgehead atoms. The average molecular weight is 911 g/mol. The SMILES string of the molecule is O=C(CC1CN(c2nc3ccccc3s2)C1)Nc1ccc2cc1CCc1cncc(c1)Nc1ncc(Cl)c(n1)N2.O=C(O)C(F)(F)F.O=C(O)C(F)(F)F.O=C(O)C(F)(F)F. The number of para-hydroxylation sites is 1. The van der Waals surface area contributed by atoms with E-state index in [-0.39, 0.29) is 5.91 Å². The lowest BCUT2D eigenvalue weighted by atomic mass is 9.96. The summed E-state index contributed by atoms with van der Waals surface area (Å²) in [5.41, 5.74) is 5.55. The molecule has 2 aromatic carbocycles. The minimum atomic E-state index is -5.08. The number of amides is 1. The molecule has 61 heavy (non-hydrogen) atoms. The van der Waals surface area contributed by atoms with Crippen LogP contribution in [-0.2, 0) is 32.0 Å². The summed E-state index contributed by atoms with van der Waals surface area (Å²) in [6.07, 6.45) is -8.15. The number of nitrogens with zero attached hydrogens (tertiary/aromatic N) is 5. The van der Waals surface area contributed by atoms with Crippen molar-refractivity contribution in [2.45, 2.75) is 37.8 Å². The van der Waals surface area contributed by atoms with Gasteiger partial charge in [0.25, 0.3) is 0 Å². The van der Waals surface area contributed by atoms with Gasteiger partial charge in [-0.3, -0.25) is 9.78 Å². The molecule has 1 saturated heterocycles. The van der Waals surface area contributed by atoms with Gasteiger partial charge in [0.15, 0.2) is 10.9 Å². The zero-order chi connectivity index (χ0) is 45.3. The fourth-order valence-corrected chi connectivity index (χ4v) is 6.19. The summed E-state index contributed by atoms with van der Waals surface area (Å²) >= 11 is 8.08. The number of rotatable bonds is 4. The van der Waals surface area contributed by atoms with E-state index in [9.17, 15) is 44.3 Å². The van der Waals surface area contributed by atoms with Crippen LogP contribution >= 0.6 is 22.9 Å². The first-order valence-electron chi connectivity index (χ1n) is 16.8. The Morgan fingerprint density at radius 3 is 1.98 bits per heavy atom. The monoisotopic (exact) mass is 910 g/mol. The minimum absolute atomic E-state index is 0.0187. The summed E-state index contributed by atoms with van der Waals surface area (Å²) in [6.45, 7) is 1.67. The number of pyridine rings is 1. The Bertz CT molecular complexity index is 2290. The maximum Gasteiger partial charge on any atom is 0.490 e.